The van der Waals surface area contributed by atoms with E-state index in [9.17, 15) is 9.59 Å². The van der Waals surface area contributed by atoms with E-state index in [1.54, 1.807) is 7.05 Å². The van der Waals surface area contributed by atoms with Gasteiger partial charge in [-0.3, -0.25) is 9.63 Å². The highest BCUT2D eigenvalue weighted by molar-refractivity contribution is 6.00. The molecule has 13 heavy (non-hydrogen) atoms. The maximum atomic E-state index is 11.3. The molecule has 0 aromatic rings. The van der Waals surface area contributed by atoms with Gasteiger partial charge in [0.25, 0.3) is 5.91 Å². The third-order valence-electron chi connectivity index (χ3n) is 2.41. The molecule has 0 aromatic carbocycles. The summed E-state index contributed by atoms with van der Waals surface area (Å²) in [6.45, 7) is 0.131. The van der Waals surface area contributed by atoms with E-state index >= 15 is 0 Å². The van der Waals surface area contributed by atoms with Crippen LogP contribution in [-0.2, 0) is 9.63 Å². The average molecular weight is 184 g/mol. The molecule has 0 atom stereocenters. The van der Waals surface area contributed by atoms with E-state index in [1.807, 2.05) is 0 Å². The molecule has 0 bridgehead atoms. The van der Waals surface area contributed by atoms with Gasteiger partial charge in [0.1, 0.15) is 6.54 Å². The van der Waals surface area contributed by atoms with E-state index in [4.69, 9.17) is 4.84 Å². The monoisotopic (exact) mass is 184 g/mol. The van der Waals surface area contributed by atoms with Gasteiger partial charge in [0, 0.05) is 7.05 Å². The van der Waals surface area contributed by atoms with E-state index in [2.05, 4.69) is 0 Å². The molecule has 5 nitrogen and oxygen atoms in total. The van der Waals surface area contributed by atoms with Gasteiger partial charge in [-0.15, -0.1) is 5.06 Å². The average Bonchev–Trinajstić information content (AvgIpc) is 2.21. The van der Waals surface area contributed by atoms with Crippen molar-refractivity contribution < 1.29 is 14.4 Å². The molecule has 1 heterocycles. The summed E-state index contributed by atoms with van der Waals surface area (Å²) in [5, 5.41) is 0.893. The fourth-order valence-electron chi connectivity index (χ4n) is 1.33. The van der Waals surface area contributed by atoms with Crippen molar-refractivity contribution in [2.24, 2.45) is 0 Å². The van der Waals surface area contributed by atoms with Gasteiger partial charge in [-0.25, -0.2) is 4.79 Å². The molecule has 2 fully saturated rings. The first-order valence-electron chi connectivity index (χ1n) is 4.43. The van der Waals surface area contributed by atoms with Crippen LogP contribution < -0.4 is 0 Å². The number of urea groups is 1. The predicted molar refractivity (Wildman–Crippen MR) is 43.6 cm³/mol. The van der Waals surface area contributed by atoms with Crippen LogP contribution in [0.1, 0.15) is 19.3 Å². The number of nitrogens with zero attached hydrogens (tertiary/aromatic N) is 2. The van der Waals surface area contributed by atoms with E-state index in [-0.39, 0.29) is 24.6 Å². The van der Waals surface area contributed by atoms with Gasteiger partial charge < -0.3 is 4.90 Å². The van der Waals surface area contributed by atoms with Crippen molar-refractivity contribution in [1.29, 1.82) is 0 Å². The minimum atomic E-state index is -0.350. The van der Waals surface area contributed by atoms with Crippen LogP contribution in [0, 0.1) is 0 Å². The molecule has 1 aliphatic heterocycles. The number of hydrogen-bond acceptors (Lipinski definition) is 3. The lowest BCUT2D eigenvalue weighted by Crippen LogP contribution is -2.38. The number of amides is 3. The van der Waals surface area contributed by atoms with Crippen molar-refractivity contribution in [1.82, 2.24) is 9.96 Å². The lowest BCUT2D eigenvalue weighted by atomic mass is 9.97. The Bertz CT molecular complexity index is 250. The quantitative estimate of drug-likeness (QED) is 0.582. The third kappa shape index (κ3) is 1.39. The number of carbonyl (C=O) groups is 2. The molecule has 1 saturated heterocycles. The molecular weight excluding hydrogens is 172 g/mol. The van der Waals surface area contributed by atoms with Gasteiger partial charge in [-0.2, -0.15) is 0 Å². The van der Waals surface area contributed by atoms with Crippen LogP contribution >= 0.6 is 0 Å². The minimum Gasteiger partial charge on any atom is -0.316 e. The van der Waals surface area contributed by atoms with Crippen LogP contribution in [0.3, 0.4) is 0 Å². The molecule has 0 radical (unpaired) electrons. The second kappa shape index (κ2) is 2.99. The Balaban J connectivity index is 1.96. The standard InChI is InChI=1S/C8H12N2O3/c1-9-5-7(11)10(8(9)12)13-6-3-2-4-6/h6H,2-5H2,1H3. The summed E-state index contributed by atoms with van der Waals surface area (Å²) in [7, 11) is 1.59. The fourth-order valence-corrected chi connectivity index (χ4v) is 1.33. The first-order chi connectivity index (χ1) is 6.18. The van der Waals surface area contributed by atoms with Crippen LogP contribution in [0.2, 0.25) is 0 Å². The van der Waals surface area contributed by atoms with Crippen LogP contribution in [0.4, 0.5) is 4.79 Å². The smallest absolute Gasteiger partial charge is 0.316 e. The van der Waals surface area contributed by atoms with Crippen molar-refractivity contribution in [2.75, 3.05) is 13.6 Å². The maximum absolute atomic E-state index is 11.3. The molecule has 1 aliphatic carbocycles. The van der Waals surface area contributed by atoms with Gasteiger partial charge in [0.15, 0.2) is 0 Å². The SMILES string of the molecule is CN1CC(=O)N(OC2CCC2)C1=O. The Labute approximate surface area is 76.2 Å². The number of hydrogen-bond donors (Lipinski definition) is 0. The van der Waals surface area contributed by atoms with Crippen LogP contribution in [0.5, 0.6) is 0 Å². The van der Waals surface area contributed by atoms with Crippen molar-refractivity contribution in [2.45, 2.75) is 25.4 Å². The fraction of sp³-hybridized carbons (Fsp3) is 0.750. The molecule has 0 aromatic heterocycles. The molecule has 5 heteroatoms. The summed E-state index contributed by atoms with van der Waals surface area (Å²) >= 11 is 0. The second-order valence-corrected chi connectivity index (χ2v) is 3.49. The van der Waals surface area contributed by atoms with Gasteiger partial charge in [0.2, 0.25) is 0 Å². The number of imide groups is 1. The number of likely N-dealkylation sites (N-methyl/N-ethyl adjacent to an activating group) is 1. The van der Waals surface area contributed by atoms with Gasteiger partial charge in [0.05, 0.1) is 6.10 Å². The Morgan fingerprint density at radius 3 is 2.46 bits per heavy atom. The molecule has 3 amide bonds. The Kier molecular flexibility index (Phi) is 1.95. The molecule has 2 rings (SSSR count). The van der Waals surface area contributed by atoms with Crippen molar-refractivity contribution in [3.8, 4) is 0 Å². The summed E-state index contributed by atoms with van der Waals surface area (Å²) < 4.78 is 0. The first kappa shape index (κ1) is 8.50. The molecule has 0 N–H and O–H groups in total. The number of rotatable bonds is 2. The van der Waals surface area contributed by atoms with Crippen molar-refractivity contribution in [3.63, 3.8) is 0 Å². The van der Waals surface area contributed by atoms with Gasteiger partial charge in [-0.05, 0) is 19.3 Å². The highest BCUT2D eigenvalue weighted by Gasteiger charge is 2.37. The predicted octanol–water partition coefficient (Wildman–Crippen LogP) is 0.364. The zero-order valence-corrected chi connectivity index (χ0v) is 7.52. The summed E-state index contributed by atoms with van der Waals surface area (Å²) in [5.74, 6) is -0.264. The third-order valence-corrected chi connectivity index (χ3v) is 2.41. The largest absolute Gasteiger partial charge is 0.351 e. The van der Waals surface area contributed by atoms with Crippen LogP contribution in [0.25, 0.3) is 0 Å². The minimum absolute atomic E-state index is 0.0689. The van der Waals surface area contributed by atoms with E-state index in [0.717, 1.165) is 24.3 Å². The zero-order valence-electron chi connectivity index (χ0n) is 7.52. The number of carbonyl (C=O) groups excluding carboxylic acids is 2. The Morgan fingerprint density at radius 1 is 1.38 bits per heavy atom. The Morgan fingerprint density at radius 2 is 2.08 bits per heavy atom. The lowest BCUT2D eigenvalue weighted by Gasteiger charge is -2.27. The molecule has 0 unspecified atom stereocenters. The summed E-state index contributed by atoms with van der Waals surface area (Å²) in [6, 6.07) is -0.350. The lowest BCUT2D eigenvalue weighted by molar-refractivity contribution is -0.189. The van der Waals surface area contributed by atoms with Gasteiger partial charge >= 0.3 is 6.03 Å². The summed E-state index contributed by atoms with van der Waals surface area (Å²) in [5.41, 5.74) is 0. The summed E-state index contributed by atoms with van der Waals surface area (Å²) in [6.07, 6.45) is 3.08. The molecule has 1 saturated carbocycles. The summed E-state index contributed by atoms with van der Waals surface area (Å²) in [4.78, 5) is 29.1. The second-order valence-electron chi connectivity index (χ2n) is 3.49. The van der Waals surface area contributed by atoms with E-state index in [0.29, 0.717) is 0 Å². The van der Waals surface area contributed by atoms with Crippen molar-refractivity contribution in [3.05, 3.63) is 0 Å². The van der Waals surface area contributed by atoms with E-state index in [1.165, 1.54) is 4.90 Å². The molecule has 0 spiro atoms. The highest BCUT2D eigenvalue weighted by atomic mass is 16.7. The molecular formula is C8H12N2O3. The first-order valence-corrected chi connectivity index (χ1v) is 4.43. The highest BCUT2D eigenvalue weighted by Crippen LogP contribution is 2.24. The number of hydroxylamine groups is 2. The van der Waals surface area contributed by atoms with Crippen molar-refractivity contribution >= 4 is 11.9 Å². The molecule has 2 aliphatic rings. The van der Waals surface area contributed by atoms with Gasteiger partial charge in [-0.1, -0.05) is 0 Å². The molecule has 72 valence electrons. The maximum Gasteiger partial charge on any atom is 0.351 e. The van der Waals surface area contributed by atoms with E-state index < -0.39 is 0 Å². The Hall–Kier alpha value is -1.10. The normalized spacial score (nSPS) is 24.1. The van der Waals surface area contributed by atoms with Crippen LogP contribution in [-0.4, -0.2) is 41.6 Å². The zero-order chi connectivity index (χ0) is 9.42. The topological polar surface area (TPSA) is 49.9 Å². The van der Waals surface area contributed by atoms with Crippen LogP contribution in [0.15, 0.2) is 0 Å².